The lowest BCUT2D eigenvalue weighted by Crippen LogP contribution is -2.50. The molecule has 0 bridgehead atoms. The molecule has 2 nitrogen and oxygen atoms in total. The third-order valence-corrected chi connectivity index (χ3v) is 7.72. The summed E-state index contributed by atoms with van der Waals surface area (Å²) in [6.07, 6.45) is 4.59. The highest BCUT2D eigenvalue weighted by Crippen LogP contribution is 2.41. The Hall–Kier alpha value is 0.137. The molecular formula is C14H32O2Si. The van der Waals surface area contributed by atoms with Gasteiger partial charge in [0.1, 0.15) is 0 Å². The molecule has 0 saturated carbocycles. The van der Waals surface area contributed by atoms with E-state index in [0.717, 1.165) is 32.1 Å². The van der Waals surface area contributed by atoms with E-state index in [-0.39, 0.29) is 5.04 Å². The van der Waals surface area contributed by atoms with E-state index in [1.54, 1.807) is 0 Å². The molecule has 0 saturated heterocycles. The van der Waals surface area contributed by atoms with Gasteiger partial charge in [0.2, 0.25) is 0 Å². The van der Waals surface area contributed by atoms with Crippen molar-refractivity contribution in [2.45, 2.75) is 78.3 Å². The Bertz CT molecular complexity index is 165. The van der Waals surface area contributed by atoms with E-state index < -0.39 is 8.56 Å². The minimum absolute atomic E-state index is 0.159. The molecule has 0 heterocycles. The van der Waals surface area contributed by atoms with Gasteiger partial charge in [-0.3, -0.25) is 0 Å². The fourth-order valence-electron chi connectivity index (χ4n) is 1.94. The minimum atomic E-state index is -2.06. The van der Waals surface area contributed by atoms with Crippen molar-refractivity contribution in [3.8, 4) is 0 Å². The van der Waals surface area contributed by atoms with E-state index in [1.807, 2.05) is 0 Å². The van der Waals surface area contributed by atoms with Crippen LogP contribution in [-0.2, 0) is 8.85 Å². The minimum Gasteiger partial charge on any atom is -0.394 e. The number of hydrogen-bond acceptors (Lipinski definition) is 2. The van der Waals surface area contributed by atoms with Gasteiger partial charge in [-0.15, -0.1) is 0 Å². The van der Waals surface area contributed by atoms with Crippen molar-refractivity contribution in [1.82, 2.24) is 0 Å². The maximum absolute atomic E-state index is 6.26. The fraction of sp³-hybridized carbons (Fsp3) is 1.00. The van der Waals surface area contributed by atoms with Crippen LogP contribution >= 0.6 is 0 Å². The lowest BCUT2D eigenvalue weighted by atomic mass is 10.2. The highest BCUT2D eigenvalue weighted by molar-refractivity contribution is 6.70. The fourth-order valence-corrected chi connectivity index (χ4v) is 5.81. The van der Waals surface area contributed by atoms with Crippen molar-refractivity contribution in [2.24, 2.45) is 0 Å². The van der Waals surface area contributed by atoms with Gasteiger partial charge in [0.15, 0.2) is 0 Å². The van der Waals surface area contributed by atoms with Crippen LogP contribution in [-0.4, -0.2) is 21.8 Å². The molecule has 0 rings (SSSR count). The van der Waals surface area contributed by atoms with Crippen molar-refractivity contribution in [3.63, 3.8) is 0 Å². The molecule has 0 amide bonds. The topological polar surface area (TPSA) is 18.5 Å². The van der Waals surface area contributed by atoms with E-state index in [1.165, 1.54) is 12.8 Å². The summed E-state index contributed by atoms with van der Waals surface area (Å²) < 4.78 is 12.5. The Kier molecular flexibility index (Phi) is 8.34. The molecule has 0 radical (unpaired) electrons. The molecule has 0 aliphatic heterocycles. The van der Waals surface area contributed by atoms with E-state index >= 15 is 0 Å². The quantitative estimate of drug-likeness (QED) is 0.550. The molecule has 0 aliphatic rings. The summed E-state index contributed by atoms with van der Waals surface area (Å²) in [4.78, 5) is 0. The first kappa shape index (κ1) is 17.1. The maximum atomic E-state index is 6.26. The summed E-state index contributed by atoms with van der Waals surface area (Å²) in [5.41, 5.74) is 0. The van der Waals surface area contributed by atoms with E-state index in [2.05, 4.69) is 41.5 Å². The van der Waals surface area contributed by atoms with Crippen molar-refractivity contribution in [2.75, 3.05) is 13.2 Å². The Balaban J connectivity index is 4.78. The first-order chi connectivity index (χ1) is 7.93. The molecule has 3 heteroatoms. The summed E-state index contributed by atoms with van der Waals surface area (Å²) in [7, 11) is -2.06. The number of hydrogen-bond donors (Lipinski definition) is 0. The van der Waals surface area contributed by atoms with Crippen molar-refractivity contribution in [3.05, 3.63) is 0 Å². The molecule has 0 aromatic heterocycles. The molecule has 0 aliphatic carbocycles. The van der Waals surface area contributed by atoms with E-state index in [0.29, 0.717) is 0 Å². The molecule has 104 valence electrons. The van der Waals surface area contributed by atoms with Crippen LogP contribution in [0, 0.1) is 0 Å². The largest absolute Gasteiger partial charge is 0.394 e. The molecule has 17 heavy (non-hydrogen) atoms. The van der Waals surface area contributed by atoms with Gasteiger partial charge in [-0.25, -0.2) is 0 Å². The van der Waals surface area contributed by atoms with Gasteiger partial charge < -0.3 is 8.85 Å². The summed E-state index contributed by atoms with van der Waals surface area (Å²) in [6.45, 7) is 15.1. The van der Waals surface area contributed by atoms with Gasteiger partial charge in [0, 0.05) is 18.3 Å². The lowest BCUT2D eigenvalue weighted by molar-refractivity contribution is 0.146. The Labute approximate surface area is 109 Å². The van der Waals surface area contributed by atoms with Crippen LogP contribution < -0.4 is 0 Å². The second kappa shape index (κ2) is 8.28. The maximum Gasteiger partial charge on any atom is 0.343 e. The van der Waals surface area contributed by atoms with Crippen LogP contribution in [0.4, 0.5) is 0 Å². The molecule has 0 aromatic carbocycles. The molecular weight excluding hydrogens is 228 g/mol. The van der Waals surface area contributed by atoms with Gasteiger partial charge in [0.05, 0.1) is 0 Å². The summed E-state index contributed by atoms with van der Waals surface area (Å²) in [5, 5.41) is 0.159. The Morgan fingerprint density at radius 1 is 0.824 bits per heavy atom. The van der Waals surface area contributed by atoms with Gasteiger partial charge >= 0.3 is 8.56 Å². The highest BCUT2D eigenvalue weighted by atomic mass is 28.4. The molecule has 0 aromatic rings. The van der Waals surface area contributed by atoms with Gasteiger partial charge in [-0.1, -0.05) is 54.4 Å². The zero-order chi connectivity index (χ0) is 13.4. The van der Waals surface area contributed by atoms with Crippen LogP contribution in [0.15, 0.2) is 0 Å². The summed E-state index contributed by atoms with van der Waals surface area (Å²) in [5.74, 6) is 0. The number of rotatable bonds is 9. The summed E-state index contributed by atoms with van der Waals surface area (Å²) in [6, 6.07) is 1.13. The zero-order valence-corrected chi connectivity index (χ0v) is 13.8. The van der Waals surface area contributed by atoms with Crippen LogP contribution in [0.2, 0.25) is 11.1 Å². The second-order valence-electron chi connectivity index (χ2n) is 5.80. The Morgan fingerprint density at radius 3 is 1.59 bits per heavy atom. The van der Waals surface area contributed by atoms with Crippen molar-refractivity contribution < 1.29 is 8.85 Å². The third kappa shape index (κ3) is 5.54. The standard InChI is InChI=1S/C14H32O2Si/c1-7-10-13-17(14(4,5)6,15-11-8-2)16-12-9-3/h7-13H2,1-6H3. The molecule has 0 atom stereocenters. The second-order valence-corrected chi connectivity index (χ2v) is 9.89. The molecule has 0 unspecified atom stereocenters. The van der Waals surface area contributed by atoms with Crippen LogP contribution in [0.3, 0.4) is 0 Å². The zero-order valence-electron chi connectivity index (χ0n) is 12.8. The smallest absolute Gasteiger partial charge is 0.343 e. The summed E-state index contributed by atoms with van der Waals surface area (Å²) >= 11 is 0. The normalized spacial score (nSPS) is 13.1. The van der Waals surface area contributed by atoms with Crippen LogP contribution in [0.1, 0.15) is 67.2 Å². The van der Waals surface area contributed by atoms with Crippen LogP contribution in [0.25, 0.3) is 0 Å². The third-order valence-electron chi connectivity index (χ3n) is 3.08. The van der Waals surface area contributed by atoms with Gasteiger partial charge in [0.25, 0.3) is 0 Å². The van der Waals surface area contributed by atoms with E-state index in [9.17, 15) is 0 Å². The van der Waals surface area contributed by atoms with Gasteiger partial charge in [-0.05, 0) is 18.9 Å². The first-order valence-electron chi connectivity index (χ1n) is 7.21. The van der Waals surface area contributed by atoms with E-state index in [4.69, 9.17) is 8.85 Å². The van der Waals surface area contributed by atoms with Gasteiger partial charge in [-0.2, -0.15) is 0 Å². The predicted molar refractivity (Wildman–Crippen MR) is 77.7 cm³/mol. The average Bonchev–Trinajstić information content (AvgIpc) is 2.27. The first-order valence-corrected chi connectivity index (χ1v) is 9.23. The van der Waals surface area contributed by atoms with Crippen LogP contribution in [0.5, 0.6) is 0 Å². The SMILES string of the molecule is CCCC[Si](OCCC)(OCCC)C(C)(C)C. The molecule has 0 spiro atoms. The number of unbranched alkanes of at least 4 members (excludes halogenated alkanes) is 1. The van der Waals surface area contributed by atoms with Crippen molar-refractivity contribution >= 4 is 8.56 Å². The Morgan fingerprint density at radius 2 is 1.29 bits per heavy atom. The lowest BCUT2D eigenvalue weighted by Gasteiger charge is -2.41. The molecule has 0 N–H and O–H groups in total. The highest BCUT2D eigenvalue weighted by Gasteiger charge is 2.48. The predicted octanol–water partition coefficient (Wildman–Crippen LogP) is 4.88. The monoisotopic (exact) mass is 260 g/mol. The average molecular weight is 260 g/mol. The molecule has 0 fully saturated rings. The van der Waals surface area contributed by atoms with Crippen molar-refractivity contribution in [1.29, 1.82) is 0 Å².